The first kappa shape index (κ1) is 16.2. The topological polar surface area (TPSA) is 193 Å². The average molecular weight is 303 g/mol. The van der Waals surface area contributed by atoms with Crippen LogP contribution in [0.15, 0.2) is 0 Å². The molecule has 0 spiro atoms. The molecule has 1 saturated carbocycles. The average Bonchev–Trinajstić information content (AvgIpc) is 2.91. The van der Waals surface area contributed by atoms with Gasteiger partial charge in [0.2, 0.25) is 0 Å². The Morgan fingerprint density at radius 3 is 1.89 bits per heavy atom. The minimum atomic E-state index is -4.52. The molecule has 0 heterocycles. The third kappa shape index (κ3) is 3.01. The van der Waals surface area contributed by atoms with Crippen LogP contribution < -0.4 is 17.2 Å². The molecule has 1 aliphatic rings. The van der Waals surface area contributed by atoms with Gasteiger partial charge in [-0.05, 0) is 19.3 Å². The zero-order valence-corrected chi connectivity index (χ0v) is 11.4. The molecule has 11 heteroatoms. The van der Waals surface area contributed by atoms with Crippen molar-refractivity contribution < 1.29 is 28.7 Å². The summed E-state index contributed by atoms with van der Waals surface area (Å²) in [4.78, 5) is 36.0. The van der Waals surface area contributed by atoms with E-state index in [2.05, 4.69) is 0 Å². The molecule has 1 rings (SSSR count). The van der Waals surface area contributed by atoms with E-state index in [1.54, 1.807) is 0 Å². The van der Waals surface area contributed by atoms with E-state index in [4.69, 9.17) is 27.0 Å². The summed E-state index contributed by atoms with van der Waals surface area (Å²) in [7, 11) is -8.77. The fourth-order valence-corrected chi connectivity index (χ4v) is 3.97. The highest BCUT2D eigenvalue weighted by Crippen LogP contribution is 2.68. The van der Waals surface area contributed by atoms with E-state index in [0.29, 0.717) is 0 Å². The lowest BCUT2D eigenvalue weighted by Gasteiger charge is -2.39. The highest BCUT2D eigenvalue weighted by Gasteiger charge is 2.68. The maximum Gasteiger partial charge on any atom is 0.334 e. The summed E-state index contributed by atoms with van der Waals surface area (Å²) < 4.78 is 22.1. The van der Waals surface area contributed by atoms with Gasteiger partial charge in [-0.1, -0.05) is 0 Å². The summed E-state index contributed by atoms with van der Waals surface area (Å²) >= 11 is 0. The number of hydrogen-bond donors (Lipinski definition) is 7. The monoisotopic (exact) mass is 303 g/mol. The van der Waals surface area contributed by atoms with Crippen molar-refractivity contribution in [3.05, 3.63) is 0 Å². The van der Waals surface area contributed by atoms with Gasteiger partial charge in [-0.15, -0.1) is 0 Å². The summed E-state index contributed by atoms with van der Waals surface area (Å²) in [5.74, 6) is 0. The van der Waals surface area contributed by atoms with Gasteiger partial charge in [-0.3, -0.25) is 9.13 Å². The van der Waals surface area contributed by atoms with E-state index in [9.17, 15) is 18.9 Å². The van der Waals surface area contributed by atoms with Gasteiger partial charge in [0.25, 0.3) is 0 Å². The van der Waals surface area contributed by atoms with Crippen molar-refractivity contribution in [3.63, 3.8) is 0 Å². The fourth-order valence-electron chi connectivity index (χ4n) is 1.99. The molecule has 1 aliphatic carbocycles. The van der Waals surface area contributed by atoms with E-state index in [-0.39, 0.29) is 19.3 Å². The van der Waals surface area contributed by atoms with E-state index in [1.165, 1.54) is 0 Å². The molecule has 1 fully saturated rings. The Balaban J connectivity index is 2.81. The van der Waals surface area contributed by atoms with Gasteiger partial charge in [0.05, 0.1) is 11.8 Å². The van der Waals surface area contributed by atoms with Crippen molar-refractivity contribution >= 4 is 15.2 Å². The van der Waals surface area contributed by atoms with Crippen LogP contribution in [0.3, 0.4) is 0 Å². The van der Waals surface area contributed by atoms with Crippen LogP contribution in [0.1, 0.15) is 19.3 Å². The van der Waals surface area contributed by atoms with Gasteiger partial charge >= 0.3 is 15.2 Å². The predicted molar refractivity (Wildman–Crippen MR) is 64.6 cm³/mol. The maximum atomic E-state index is 11.4. The molecule has 0 aromatic carbocycles. The van der Waals surface area contributed by atoms with Crippen LogP contribution in [0.2, 0.25) is 0 Å². The van der Waals surface area contributed by atoms with Crippen molar-refractivity contribution in [1.29, 1.82) is 0 Å². The second-order valence-electron chi connectivity index (χ2n) is 4.79. The number of hydrogen-bond acceptors (Lipinski definition) is 5. The Morgan fingerprint density at radius 2 is 1.61 bits per heavy atom. The molecule has 108 valence electrons. The summed E-state index contributed by atoms with van der Waals surface area (Å²) in [6.45, 7) is 0. The summed E-state index contributed by atoms with van der Waals surface area (Å²) in [5.41, 5.74) is 15.2. The molecular formula is C7H19N3O6P2. The molecule has 0 aromatic heterocycles. The minimum absolute atomic E-state index is 0.147. The maximum absolute atomic E-state index is 11.4. The van der Waals surface area contributed by atoms with Gasteiger partial charge in [0, 0.05) is 6.04 Å². The van der Waals surface area contributed by atoms with E-state index >= 15 is 0 Å². The smallest absolute Gasteiger partial charge is 0.325 e. The minimum Gasteiger partial charge on any atom is -0.325 e. The quantitative estimate of drug-likeness (QED) is 0.219. The number of rotatable bonds is 6. The van der Waals surface area contributed by atoms with Crippen molar-refractivity contribution in [2.45, 2.75) is 36.1 Å². The molecular weight excluding hydrogens is 284 g/mol. The van der Waals surface area contributed by atoms with Gasteiger partial charge < -0.3 is 36.8 Å². The third-order valence-electron chi connectivity index (χ3n) is 3.43. The zero-order valence-electron chi connectivity index (χ0n) is 9.64. The van der Waals surface area contributed by atoms with Gasteiger partial charge in [0.1, 0.15) is 5.16 Å². The summed E-state index contributed by atoms with van der Waals surface area (Å²) in [5, 5.41) is -1.58. The van der Waals surface area contributed by atoms with Crippen molar-refractivity contribution in [1.82, 2.24) is 0 Å². The molecule has 10 N–H and O–H groups in total. The van der Waals surface area contributed by atoms with Gasteiger partial charge in [0.15, 0.2) is 0 Å². The predicted octanol–water partition coefficient (Wildman–Crippen LogP) is -1.79. The Hall–Kier alpha value is 0.180. The molecule has 18 heavy (non-hydrogen) atoms. The Morgan fingerprint density at radius 1 is 1.17 bits per heavy atom. The molecule has 0 amide bonds. The SMILES string of the molecule is NC(CCP(=O)(O)O)C(N)(N)C1(P(=O)(O)O)CC1. The van der Waals surface area contributed by atoms with Crippen LogP contribution in [-0.4, -0.2) is 42.6 Å². The second-order valence-corrected chi connectivity index (χ2v) is 8.51. The first-order valence-electron chi connectivity index (χ1n) is 5.27. The van der Waals surface area contributed by atoms with Crippen LogP contribution in [0.4, 0.5) is 0 Å². The zero-order chi connectivity index (χ0) is 14.4. The summed E-state index contributed by atoms with van der Waals surface area (Å²) in [6, 6.07) is -1.11. The first-order chi connectivity index (χ1) is 7.83. The summed E-state index contributed by atoms with van der Waals surface area (Å²) in [6.07, 6.45) is -0.442. The molecule has 1 unspecified atom stereocenters. The van der Waals surface area contributed by atoms with E-state index < -0.39 is 38.2 Å². The van der Waals surface area contributed by atoms with Gasteiger partial charge in [-0.2, -0.15) is 0 Å². The molecule has 0 aromatic rings. The van der Waals surface area contributed by atoms with Crippen LogP contribution in [0, 0.1) is 0 Å². The molecule has 0 radical (unpaired) electrons. The largest absolute Gasteiger partial charge is 0.334 e. The highest BCUT2D eigenvalue weighted by molar-refractivity contribution is 7.54. The lowest BCUT2D eigenvalue weighted by atomic mass is 9.94. The van der Waals surface area contributed by atoms with Crippen LogP contribution in [-0.2, 0) is 9.13 Å². The molecule has 1 atom stereocenters. The van der Waals surface area contributed by atoms with Crippen molar-refractivity contribution in [3.8, 4) is 0 Å². The Labute approximate surface area is 104 Å². The van der Waals surface area contributed by atoms with Crippen LogP contribution in [0.5, 0.6) is 0 Å². The third-order valence-corrected chi connectivity index (χ3v) is 6.22. The normalized spacial score (nSPS) is 21.7. The van der Waals surface area contributed by atoms with E-state index in [1.807, 2.05) is 0 Å². The van der Waals surface area contributed by atoms with Crippen molar-refractivity contribution in [2.24, 2.45) is 17.2 Å². The number of nitrogens with two attached hydrogens (primary N) is 3. The Kier molecular flexibility index (Phi) is 4.17. The molecule has 0 saturated heterocycles. The lowest BCUT2D eigenvalue weighted by Crippen LogP contribution is -2.70. The lowest BCUT2D eigenvalue weighted by molar-refractivity contribution is 0.264. The van der Waals surface area contributed by atoms with Crippen LogP contribution >= 0.6 is 15.2 Å². The van der Waals surface area contributed by atoms with Gasteiger partial charge in [-0.25, -0.2) is 0 Å². The van der Waals surface area contributed by atoms with Crippen molar-refractivity contribution in [2.75, 3.05) is 6.16 Å². The highest BCUT2D eigenvalue weighted by atomic mass is 31.2. The molecule has 9 nitrogen and oxygen atoms in total. The van der Waals surface area contributed by atoms with Crippen LogP contribution in [0.25, 0.3) is 0 Å². The standard InChI is InChI=1S/C7H19N3O6P2/c8-5(1-4-17(11,12)13)7(9,10)6(2-3-6)18(14,15)16/h5H,1-4,8-10H2,(H2,11,12,13)(H2,14,15,16). The van der Waals surface area contributed by atoms with E-state index in [0.717, 1.165) is 0 Å². The second kappa shape index (κ2) is 4.63. The molecule has 0 aliphatic heterocycles. The Bertz CT molecular complexity index is 411. The fraction of sp³-hybridized carbons (Fsp3) is 1.00. The molecule has 0 bridgehead atoms. The first-order valence-corrected chi connectivity index (χ1v) is 8.68.